The minimum absolute atomic E-state index is 0.623. The van der Waals surface area contributed by atoms with Gasteiger partial charge in [-0.2, -0.15) is 0 Å². The summed E-state index contributed by atoms with van der Waals surface area (Å²) in [5.74, 6) is 4.44. The van der Waals surface area contributed by atoms with Crippen molar-refractivity contribution in [3.8, 4) is 5.75 Å². The maximum atomic E-state index is 6.38. The number of hydrogen-bond acceptors (Lipinski definition) is 2. The van der Waals surface area contributed by atoms with Crippen molar-refractivity contribution >= 4 is 23.2 Å². The van der Waals surface area contributed by atoms with Gasteiger partial charge in [-0.1, -0.05) is 30.1 Å². The second-order valence-electron chi connectivity index (χ2n) is 8.07. The lowest BCUT2D eigenvalue weighted by Gasteiger charge is -2.54. The summed E-state index contributed by atoms with van der Waals surface area (Å²) in [6.07, 6.45) is 8.21. The first kappa shape index (κ1) is 17.0. The molecule has 0 amide bonds. The number of nitrogens with one attached hydrogen (secondary N) is 1. The van der Waals surface area contributed by atoms with Crippen molar-refractivity contribution in [1.82, 2.24) is 5.32 Å². The van der Waals surface area contributed by atoms with Crippen LogP contribution in [0.15, 0.2) is 12.1 Å². The second kappa shape index (κ2) is 7.05. The third-order valence-corrected chi connectivity index (χ3v) is 6.84. The van der Waals surface area contributed by atoms with Gasteiger partial charge in [0.1, 0.15) is 0 Å². The lowest BCUT2D eigenvalue weighted by atomic mass is 9.54. The normalized spacial score (nSPS) is 33.9. The van der Waals surface area contributed by atoms with Gasteiger partial charge in [-0.05, 0) is 79.9 Å². The summed E-state index contributed by atoms with van der Waals surface area (Å²) >= 11 is 12.8. The van der Waals surface area contributed by atoms with Gasteiger partial charge in [-0.15, -0.1) is 0 Å². The van der Waals surface area contributed by atoms with Crippen molar-refractivity contribution in [2.24, 2.45) is 23.7 Å². The molecule has 132 valence electrons. The van der Waals surface area contributed by atoms with Gasteiger partial charge >= 0.3 is 0 Å². The first-order chi connectivity index (χ1) is 11.6. The van der Waals surface area contributed by atoms with Crippen molar-refractivity contribution in [3.05, 3.63) is 27.7 Å². The molecular weight excluding hydrogens is 341 g/mol. The van der Waals surface area contributed by atoms with Crippen LogP contribution in [-0.2, 0) is 6.54 Å². The van der Waals surface area contributed by atoms with Gasteiger partial charge in [0.15, 0.2) is 5.75 Å². The van der Waals surface area contributed by atoms with Crippen LogP contribution in [-0.4, -0.2) is 12.6 Å². The van der Waals surface area contributed by atoms with Crippen LogP contribution in [0.4, 0.5) is 0 Å². The monoisotopic (exact) mass is 367 g/mol. The van der Waals surface area contributed by atoms with Crippen molar-refractivity contribution < 1.29 is 4.74 Å². The average Bonchev–Trinajstić information content (AvgIpc) is 2.53. The smallest absolute Gasteiger partial charge is 0.156 e. The molecule has 2 nitrogen and oxygen atoms in total. The Hall–Kier alpha value is -0.440. The summed E-state index contributed by atoms with van der Waals surface area (Å²) in [6.45, 7) is 3.57. The molecule has 4 aliphatic rings. The fraction of sp³-hybridized carbons (Fsp3) is 0.700. The van der Waals surface area contributed by atoms with Crippen LogP contribution in [0.25, 0.3) is 0 Å². The minimum Gasteiger partial charge on any atom is -0.490 e. The Morgan fingerprint density at radius 3 is 2.12 bits per heavy atom. The first-order valence-electron chi connectivity index (χ1n) is 9.48. The predicted molar refractivity (Wildman–Crippen MR) is 99.9 cm³/mol. The molecule has 4 fully saturated rings. The summed E-state index contributed by atoms with van der Waals surface area (Å²) in [6, 6.07) is 4.69. The topological polar surface area (TPSA) is 21.3 Å². The predicted octanol–water partition coefficient (Wildman–Crippen LogP) is 5.70. The molecular formula is C20H27Cl2NO. The van der Waals surface area contributed by atoms with E-state index in [0.717, 1.165) is 42.2 Å². The van der Waals surface area contributed by atoms with Crippen molar-refractivity contribution in [2.45, 2.75) is 58.0 Å². The third kappa shape index (κ3) is 3.30. The summed E-state index contributed by atoms with van der Waals surface area (Å²) in [7, 11) is 0. The molecule has 0 unspecified atom stereocenters. The Morgan fingerprint density at radius 2 is 1.58 bits per heavy atom. The van der Waals surface area contributed by atoms with E-state index in [9.17, 15) is 0 Å². The van der Waals surface area contributed by atoms with Crippen molar-refractivity contribution in [3.63, 3.8) is 0 Å². The highest BCUT2D eigenvalue weighted by Crippen LogP contribution is 2.53. The number of halogens is 2. The van der Waals surface area contributed by atoms with Crippen LogP contribution < -0.4 is 10.1 Å². The van der Waals surface area contributed by atoms with Crippen molar-refractivity contribution in [1.29, 1.82) is 0 Å². The lowest BCUT2D eigenvalue weighted by molar-refractivity contribution is -0.0142. The molecule has 4 heteroatoms. The standard InChI is InChI=1S/C20H27Cl2NO/c1-2-3-24-20-17(21)9-14(10-18(20)22)11-23-19-15-5-12-4-13(7-15)8-16(19)6-12/h9-10,12-13,15-16,19,23H,2-8,11H2,1H3. The van der Waals surface area contributed by atoms with Crippen LogP contribution in [0.5, 0.6) is 5.75 Å². The summed E-state index contributed by atoms with van der Waals surface area (Å²) in [5, 5.41) is 5.09. The van der Waals surface area contributed by atoms with Gasteiger partial charge in [0.2, 0.25) is 0 Å². The lowest BCUT2D eigenvalue weighted by Crippen LogP contribution is -2.54. The van der Waals surface area contributed by atoms with Gasteiger partial charge in [0, 0.05) is 12.6 Å². The van der Waals surface area contributed by atoms with Crippen LogP contribution in [0, 0.1) is 23.7 Å². The van der Waals surface area contributed by atoms with Crippen LogP contribution >= 0.6 is 23.2 Å². The zero-order chi connectivity index (χ0) is 16.7. The van der Waals surface area contributed by atoms with E-state index in [1.807, 2.05) is 12.1 Å². The minimum atomic E-state index is 0.623. The molecule has 4 aliphatic carbocycles. The molecule has 4 saturated carbocycles. The Morgan fingerprint density at radius 1 is 1.00 bits per heavy atom. The Labute approximate surface area is 155 Å². The van der Waals surface area contributed by atoms with E-state index in [-0.39, 0.29) is 0 Å². The molecule has 0 aliphatic heterocycles. The maximum Gasteiger partial charge on any atom is 0.156 e. The van der Waals surface area contributed by atoms with Gasteiger partial charge in [0.05, 0.1) is 16.7 Å². The zero-order valence-electron chi connectivity index (χ0n) is 14.4. The van der Waals surface area contributed by atoms with E-state index in [2.05, 4.69) is 12.2 Å². The SMILES string of the molecule is CCCOc1c(Cl)cc(CNC2C3CC4CC(C3)CC2C4)cc1Cl. The Bertz CT molecular complexity index is 552. The highest BCUT2D eigenvalue weighted by atomic mass is 35.5. The van der Waals surface area contributed by atoms with Gasteiger partial charge in [-0.25, -0.2) is 0 Å². The second-order valence-corrected chi connectivity index (χ2v) is 8.89. The molecule has 4 bridgehead atoms. The molecule has 24 heavy (non-hydrogen) atoms. The van der Waals surface area contributed by atoms with E-state index in [1.54, 1.807) is 0 Å². The number of benzene rings is 1. The van der Waals surface area contributed by atoms with E-state index < -0.39 is 0 Å². The van der Waals surface area contributed by atoms with E-state index in [0.29, 0.717) is 28.4 Å². The van der Waals surface area contributed by atoms with Crippen LogP contribution in [0.1, 0.15) is 51.0 Å². The first-order valence-corrected chi connectivity index (χ1v) is 10.2. The fourth-order valence-electron chi connectivity index (χ4n) is 5.55. The van der Waals surface area contributed by atoms with Crippen molar-refractivity contribution in [2.75, 3.05) is 6.61 Å². The van der Waals surface area contributed by atoms with Crippen LogP contribution in [0.2, 0.25) is 10.0 Å². The van der Waals surface area contributed by atoms with Gasteiger partial charge in [0.25, 0.3) is 0 Å². The molecule has 5 rings (SSSR count). The van der Waals surface area contributed by atoms with Gasteiger partial charge < -0.3 is 10.1 Å². The van der Waals surface area contributed by atoms with E-state index >= 15 is 0 Å². The molecule has 1 aromatic carbocycles. The molecule has 1 N–H and O–H groups in total. The highest BCUT2D eigenvalue weighted by molar-refractivity contribution is 6.37. The zero-order valence-corrected chi connectivity index (χ0v) is 15.9. The molecule has 0 aromatic heterocycles. The molecule has 0 heterocycles. The number of rotatable bonds is 6. The molecule has 0 atom stereocenters. The summed E-state index contributed by atoms with van der Waals surface area (Å²) < 4.78 is 5.66. The Balaban J connectivity index is 1.41. The number of hydrogen-bond donors (Lipinski definition) is 1. The number of ether oxygens (including phenoxy) is 1. The summed E-state index contributed by atoms with van der Waals surface area (Å²) in [4.78, 5) is 0. The van der Waals surface area contributed by atoms with E-state index in [1.165, 1.54) is 32.1 Å². The maximum absolute atomic E-state index is 6.38. The highest BCUT2D eigenvalue weighted by Gasteiger charge is 2.47. The average molecular weight is 368 g/mol. The van der Waals surface area contributed by atoms with Crippen LogP contribution in [0.3, 0.4) is 0 Å². The quantitative estimate of drug-likeness (QED) is 0.696. The molecule has 0 spiro atoms. The third-order valence-electron chi connectivity index (χ3n) is 6.28. The molecule has 0 radical (unpaired) electrons. The molecule has 0 saturated heterocycles. The fourth-order valence-corrected chi connectivity index (χ4v) is 6.19. The molecule has 1 aromatic rings. The summed E-state index contributed by atoms with van der Waals surface area (Å²) in [5.41, 5.74) is 1.16. The Kier molecular flexibility index (Phi) is 5.00. The largest absolute Gasteiger partial charge is 0.490 e. The van der Waals surface area contributed by atoms with Gasteiger partial charge in [-0.3, -0.25) is 0 Å². The van der Waals surface area contributed by atoms with E-state index in [4.69, 9.17) is 27.9 Å².